The summed E-state index contributed by atoms with van der Waals surface area (Å²) in [6.45, 7) is 8.27. The van der Waals surface area contributed by atoms with Crippen LogP contribution >= 0.6 is 11.3 Å². The van der Waals surface area contributed by atoms with Crippen LogP contribution < -0.4 is 4.90 Å². The largest absolute Gasteiger partial charge is 0.379 e. The van der Waals surface area contributed by atoms with Gasteiger partial charge in [0.25, 0.3) is 5.91 Å². The lowest BCUT2D eigenvalue weighted by Crippen LogP contribution is -2.43. The zero-order chi connectivity index (χ0) is 22.9. The molecule has 4 rings (SSSR count). The van der Waals surface area contributed by atoms with E-state index in [-0.39, 0.29) is 10.8 Å². The fourth-order valence-corrected chi connectivity index (χ4v) is 5.39. The van der Waals surface area contributed by atoms with Crippen LogP contribution in [0.1, 0.15) is 21.5 Å². The third kappa shape index (κ3) is 5.01. The molecule has 0 saturated carbocycles. The molecule has 3 aromatic rings. The molecule has 32 heavy (non-hydrogen) atoms. The van der Waals surface area contributed by atoms with Crippen LogP contribution in [0.15, 0.2) is 41.3 Å². The van der Waals surface area contributed by atoms with Crippen molar-refractivity contribution in [3.8, 4) is 0 Å². The SMILES string of the molecule is Cc1cc2nc(N(CCN3CCOCC3)C(=O)c3cccc(S(C)(=O)=O)c3)sc2cc1C. The lowest BCUT2D eigenvalue weighted by Gasteiger charge is -2.29. The van der Waals surface area contributed by atoms with Crippen molar-refractivity contribution in [1.82, 2.24) is 9.88 Å². The van der Waals surface area contributed by atoms with Crippen LogP contribution in [0, 0.1) is 13.8 Å². The Morgan fingerprint density at radius 3 is 2.59 bits per heavy atom. The van der Waals surface area contributed by atoms with E-state index in [1.54, 1.807) is 17.0 Å². The number of anilines is 1. The molecule has 1 amide bonds. The van der Waals surface area contributed by atoms with E-state index in [0.717, 1.165) is 35.1 Å². The Labute approximate surface area is 192 Å². The van der Waals surface area contributed by atoms with Gasteiger partial charge in [0, 0.05) is 38.0 Å². The van der Waals surface area contributed by atoms with Crippen LogP contribution in [-0.2, 0) is 14.6 Å². The van der Waals surface area contributed by atoms with Crippen LogP contribution in [0.3, 0.4) is 0 Å². The molecule has 0 aliphatic carbocycles. The van der Waals surface area contributed by atoms with E-state index in [1.807, 2.05) is 13.0 Å². The van der Waals surface area contributed by atoms with E-state index < -0.39 is 9.84 Å². The van der Waals surface area contributed by atoms with Crippen molar-refractivity contribution in [3.63, 3.8) is 0 Å². The molecular formula is C23H27N3O4S2. The minimum Gasteiger partial charge on any atom is -0.379 e. The Kier molecular flexibility index (Phi) is 6.62. The zero-order valence-electron chi connectivity index (χ0n) is 18.5. The maximum absolute atomic E-state index is 13.6. The van der Waals surface area contributed by atoms with Gasteiger partial charge in [-0.1, -0.05) is 17.4 Å². The highest BCUT2D eigenvalue weighted by Gasteiger charge is 2.24. The number of morpholine rings is 1. The number of hydrogen-bond donors (Lipinski definition) is 0. The van der Waals surface area contributed by atoms with Crippen molar-refractivity contribution < 1.29 is 17.9 Å². The van der Waals surface area contributed by atoms with E-state index >= 15 is 0 Å². The molecule has 1 fully saturated rings. The normalized spacial score (nSPS) is 15.2. The van der Waals surface area contributed by atoms with Gasteiger partial charge in [-0.25, -0.2) is 13.4 Å². The van der Waals surface area contributed by atoms with Gasteiger partial charge >= 0.3 is 0 Å². The summed E-state index contributed by atoms with van der Waals surface area (Å²) in [4.78, 5) is 22.4. The van der Waals surface area contributed by atoms with Crippen molar-refractivity contribution in [1.29, 1.82) is 0 Å². The summed E-state index contributed by atoms with van der Waals surface area (Å²) in [5, 5.41) is 0.619. The average Bonchev–Trinajstić information content (AvgIpc) is 3.16. The Balaban J connectivity index is 1.69. The van der Waals surface area contributed by atoms with Crippen molar-refractivity contribution >= 4 is 42.4 Å². The summed E-state index contributed by atoms with van der Waals surface area (Å²) in [6.07, 6.45) is 1.14. The van der Waals surface area contributed by atoms with E-state index in [1.165, 1.54) is 29.0 Å². The molecule has 2 aromatic carbocycles. The molecule has 1 aromatic heterocycles. The second-order valence-corrected chi connectivity index (χ2v) is 11.1. The zero-order valence-corrected chi connectivity index (χ0v) is 20.1. The molecule has 7 nitrogen and oxygen atoms in total. The van der Waals surface area contributed by atoms with Crippen molar-refractivity contribution in [3.05, 3.63) is 53.1 Å². The fourth-order valence-electron chi connectivity index (χ4n) is 3.65. The number of benzene rings is 2. The predicted molar refractivity (Wildman–Crippen MR) is 128 cm³/mol. The average molecular weight is 474 g/mol. The second kappa shape index (κ2) is 9.27. The lowest BCUT2D eigenvalue weighted by molar-refractivity contribution is 0.0391. The Morgan fingerprint density at radius 1 is 1.16 bits per heavy atom. The lowest BCUT2D eigenvalue weighted by atomic mass is 10.1. The number of amides is 1. The fraction of sp³-hybridized carbons (Fsp3) is 0.391. The molecule has 0 unspecified atom stereocenters. The third-order valence-electron chi connectivity index (χ3n) is 5.72. The minimum absolute atomic E-state index is 0.132. The highest BCUT2D eigenvalue weighted by atomic mass is 32.2. The molecule has 0 spiro atoms. The van der Waals surface area contributed by atoms with Gasteiger partial charge < -0.3 is 4.74 Å². The molecule has 170 valence electrons. The maximum atomic E-state index is 13.6. The minimum atomic E-state index is -3.41. The number of fused-ring (bicyclic) bond motifs is 1. The Morgan fingerprint density at radius 2 is 1.88 bits per heavy atom. The molecule has 0 radical (unpaired) electrons. The monoisotopic (exact) mass is 473 g/mol. The third-order valence-corrected chi connectivity index (χ3v) is 7.87. The number of hydrogen-bond acceptors (Lipinski definition) is 7. The standard InChI is InChI=1S/C23H27N3O4S2/c1-16-13-20-21(14-17(16)2)31-23(24-20)26(8-7-25-9-11-30-12-10-25)22(27)18-5-4-6-19(15-18)32(3,28)29/h4-6,13-15H,7-12H2,1-3H3. The van der Waals surface area contributed by atoms with Gasteiger partial charge in [-0.05, 0) is 55.3 Å². The first kappa shape index (κ1) is 22.8. The highest BCUT2D eigenvalue weighted by Crippen LogP contribution is 2.31. The van der Waals surface area contributed by atoms with E-state index in [9.17, 15) is 13.2 Å². The molecule has 1 saturated heterocycles. The van der Waals surface area contributed by atoms with E-state index in [4.69, 9.17) is 9.72 Å². The molecule has 1 aliphatic heterocycles. The summed E-state index contributed by atoms with van der Waals surface area (Å²) < 4.78 is 30.5. The van der Waals surface area contributed by atoms with Crippen molar-refractivity contribution in [2.75, 3.05) is 50.5 Å². The molecular weight excluding hydrogens is 446 g/mol. The maximum Gasteiger partial charge on any atom is 0.260 e. The van der Waals surface area contributed by atoms with Crippen LogP contribution in [0.4, 0.5) is 5.13 Å². The number of aromatic nitrogens is 1. The van der Waals surface area contributed by atoms with Gasteiger partial charge in [-0.2, -0.15) is 0 Å². The molecule has 1 aliphatic rings. The van der Waals surface area contributed by atoms with Gasteiger partial charge in [-0.3, -0.25) is 14.6 Å². The number of aryl methyl sites for hydroxylation is 2. The highest BCUT2D eigenvalue weighted by molar-refractivity contribution is 7.90. The first-order valence-corrected chi connectivity index (χ1v) is 13.2. The quantitative estimate of drug-likeness (QED) is 0.547. The molecule has 9 heteroatoms. The van der Waals surface area contributed by atoms with E-state index in [2.05, 4.69) is 17.9 Å². The van der Waals surface area contributed by atoms with Gasteiger partial charge in [0.2, 0.25) is 0 Å². The topological polar surface area (TPSA) is 79.8 Å². The summed E-state index contributed by atoms with van der Waals surface area (Å²) in [6, 6.07) is 10.4. The molecule has 0 bridgehead atoms. The van der Waals surface area contributed by atoms with Gasteiger partial charge in [0.05, 0.1) is 28.3 Å². The van der Waals surface area contributed by atoms with E-state index in [0.29, 0.717) is 37.0 Å². The second-order valence-electron chi connectivity index (χ2n) is 8.11. The van der Waals surface area contributed by atoms with Gasteiger partial charge in [0.15, 0.2) is 15.0 Å². The number of rotatable bonds is 6. The van der Waals surface area contributed by atoms with Crippen molar-refractivity contribution in [2.24, 2.45) is 0 Å². The van der Waals surface area contributed by atoms with Gasteiger partial charge in [-0.15, -0.1) is 0 Å². The molecule has 0 N–H and O–H groups in total. The van der Waals surface area contributed by atoms with Crippen LogP contribution in [-0.4, -0.2) is 69.9 Å². The first-order chi connectivity index (χ1) is 15.2. The van der Waals surface area contributed by atoms with Crippen molar-refractivity contribution in [2.45, 2.75) is 18.7 Å². The Bertz CT molecular complexity index is 1210. The Hall–Kier alpha value is -2.33. The molecule has 0 atom stereocenters. The summed E-state index contributed by atoms with van der Waals surface area (Å²) >= 11 is 1.48. The number of carbonyl (C=O) groups is 1. The van der Waals surface area contributed by atoms with Crippen LogP contribution in [0.2, 0.25) is 0 Å². The van der Waals surface area contributed by atoms with Crippen LogP contribution in [0.25, 0.3) is 10.2 Å². The number of sulfone groups is 1. The predicted octanol–water partition coefficient (Wildman–Crippen LogP) is 3.30. The number of carbonyl (C=O) groups excluding carboxylic acids is 1. The summed E-state index contributed by atoms with van der Waals surface area (Å²) in [7, 11) is -3.41. The smallest absolute Gasteiger partial charge is 0.260 e. The van der Waals surface area contributed by atoms with Crippen LogP contribution in [0.5, 0.6) is 0 Å². The van der Waals surface area contributed by atoms with Gasteiger partial charge in [0.1, 0.15) is 0 Å². The number of nitrogens with zero attached hydrogens (tertiary/aromatic N) is 3. The first-order valence-electron chi connectivity index (χ1n) is 10.5. The summed E-state index contributed by atoms with van der Waals surface area (Å²) in [5.41, 5.74) is 3.53. The molecule has 2 heterocycles. The number of thiazole rings is 1. The number of ether oxygens (including phenoxy) is 1. The summed E-state index contributed by atoms with van der Waals surface area (Å²) in [5.74, 6) is -0.253.